The van der Waals surface area contributed by atoms with E-state index in [1.807, 2.05) is 32.0 Å². The fraction of sp³-hybridized carbons (Fsp3) is 0.360. The van der Waals surface area contributed by atoms with Gasteiger partial charge < -0.3 is 20.3 Å². The molecule has 3 rings (SSSR count). The zero-order valence-corrected chi connectivity index (χ0v) is 19.1. The molecule has 1 heterocycles. The minimum absolute atomic E-state index is 0.0618. The summed E-state index contributed by atoms with van der Waals surface area (Å²) in [4.78, 5) is 50.2. The summed E-state index contributed by atoms with van der Waals surface area (Å²) in [5.41, 5.74) is 4.15. The summed E-state index contributed by atoms with van der Waals surface area (Å²) in [5, 5.41) is 5.27. The number of esters is 1. The van der Waals surface area contributed by atoms with Crippen LogP contribution in [0.5, 0.6) is 0 Å². The van der Waals surface area contributed by atoms with Gasteiger partial charge in [0.2, 0.25) is 11.8 Å². The van der Waals surface area contributed by atoms with Gasteiger partial charge in [0.1, 0.15) is 0 Å². The Balaban J connectivity index is 1.56. The summed E-state index contributed by atoms with van der Waals surface area (Å²) in [6, 6.07) is 12.6. The van der Waals surface area contributed by atoms with Crippen LogP contribution in [0.1, 0.15) is 38.3 Å². The highest BCUT2D eigenvalue weighted by Crippen LogP contribution is 2.32. The lowest BCUT2D eigenvalue weighted by Crippen LogP contribution is -2.29. The minimum Gasteiger partial charge on any atom is -0.455 e. The van der Waals surface area contributed by atoms with Gasteiger partial charge in [0, 0.05) is 37.0 Å². The highest BCUT2D eigenvalue weighted by molar-refractivity contribution is 6.01. The number of hydrogen-bond acceptors (Lipinski definition) is 5. The fourth-order valence-corrected chi connectivity index (χ4v) is 3.94. The Bertz CT molecular complexity index is 1030. The molecular formula is C25H29N3O5. The molecule has 2 aromatic rings. The van der Waals surface area contributed by atoms with Crippen LogP contribution < -0.4 is 15.5 Å². The molecule has 174 valence electrons. The third-order valence-electron chi connectivity index (χ3n) is 5.53. The number of amides is 3. The second-order valence-electron chi connectivity index (χ2n) is 7.95. The van der Waals surface area contributed by atoms with E-state index in [1.54, 1.807) is 29.2 Å². The summed E-state index contributed by atoms with van der Waals surface area (Å²) in [6.07, 6.45) is 1.63. The van der Waals surface area contributed by atoms with Crippen molar-refractivity contribution in [2.45, 2.75) is 40.0 Å². The van der Waals surface area contributed by atoms with Gasteiger partial charge >= 0.3 is 5.97 Å². The molecule has 3 amide bonds. The normalized spacial score (nSPS) is 15.3. The maximum Gasteiger partial charge on any atom is 0.311 e. The number of benzene rings is 2. The molecule has 2 N–H and O–H groups in total. The topological polar surface area (TPSA) is 105 Å². The van der Waals surface area contributed by atoms with Crippen molar-refractivity contribution in [1.29, 1.82) is 0 Å². The Kier molecular flexibility index (Phi) is 7.82. The third-order valence-corrected chi connectivity index (χ3v) is 5.53. The highest BCUT2D eigenvalue weighted by Gasteiger charge is 2.37. The van der Waals surface area contributed by atoms with Crippen LogP contribution >= 0.6 is 0 Å². The van der Waals surface area contributed by atoms with Crippen LogP contribution in [-0.4, -0.2) is 36.8 Å². The molecule has 0 spiro atoms. The van der Waals surface area contributed by atoms with Crippen molar-refractivity contribution in [1.82, 2.24) is 0 Å². The number of nitrogens with one attached hydrogen (secondary N) is 2. The van der Waals surface area contributed by atoms with Gasteiger partial charge in [-0.1, -0.05) is 32.0 Å². The largest absolute Gasteiger partial charge is 0.455 e. The third kappa shape index (κ3) is 5.97. The second kappa shape index (κ2) is 10.8. The van der Waals surface area contributed by atoms with Gasteiger partial charge in [-0.2, -0.15) is 0 Å². The Labute approximate surface area is 193 Å². The highest BCUT2D eigenvalue weighted by atomic mass is 16.5. The Morgan fingerprint density at radius 3 is 2.09 bits per heavy atom. The molecule has 1 fully saturated rings. The molecule has 8 nitrogen and oxygen atoms in total. The van der Waals surface area contributed by atoms with Gasteiger partial charge in [-0.25, -0.2) is 0 Å². The quantitative estimate of drug-likeness (QED) is 0.599. The molecule has 0 aliphatic carbocycles. The van der Waals surface area contributed by atoms with E-state index < -0.39 is 24.4 Å². The van der Waals surface area contributed by atoms with Crippen molar-refractivity contribution in [2.75, 3.05) is 28.7 Å². The fourth-order valence-electron chi connectivity index (χ4n) is 3.94. The predicted molar refractivity (Wildman–Crippen MR) is 126 cm³/mol. The lowest BCUT2D eigenvalue weighted by molar-refractivity contribution is -0.151. The van der Waals surface area contributed by atoms with E-state index >= 15 is 0 Å². The summed E-state index contributed by atoms with van der Waals surface area (Å²) in [7, 11) is 0. The molecule has 33 heavy (non-hydrogen) atoms. The van der Waals surface area contributed by atoms with Crippen molar-refractivity contribution < 1.29 is 23.9 Å². The SMILES string of the molecule is CCc1cccc(CC)c1N1C[C@@H](C(=O)OCC(=O)Nc2ccc(NC(C)=O)cc2)CC1=O. The smallest absolute Gasteiger partial charge is 0.311 e. The molecule has 1 aliphatic heterocycles. The van der Waals surface area contributed by atoms with Crippen LogP contribution in [0, 0.1) is 5.92 Å². The first-order chi connectivity index (χ1) is 15.8. The first-order valence-electron chi connectivity index (χ1n) is 11.1. The van der Waals surface area contributed by atoms with Gasteiger partial charge in [-0.05, 0) is 48.2 Å². The van der Waals surface area contributed by atoms with Crippen molar-refractivity contribution in [2.24, 2.45) is 5.92 Å². The molecule has 0 radical (unpaired) electrons. The summed E-state index contributed by atoms with van der Waals surface area (Å²) in [6.45, 7) is 5.29. The molecule has 0 unspecified atom stereocenters. The van der Waals surface area contributed by atoms with Crippen LogP contribution in [-0.2, 0) is 36.8 Å². The van der Waals surface area contributed by atoms with E-state index in [-0.39, 0.29) is 24.8 Å². The van der Waals surface area contributed by atoms with E-state index in [0.29, 0.717) is 11.4 Å². The van der Waals surface area contributed by atoms with Crippen LogP contribution in [0.15, 0.2) is 42.5 Å². The maximum absolute atomic E-state index is 12.7. The number of para-hydroxylation sites is 1. The Morgan fingerprint density at radius 1 is 0.970 bits per heavy atom. The number of hydrogen-bond donors (Lipinski definition) is 2. The van der Waals surface area contributed by atoms with E-state index in [1.165, 1.54) is 6.92 Å². The summed E-state index contributed by atoms with van der Waals surface area (Å²) in [5.74, 6) is -1.96. The predicted octanol–water partition coefficient (Wildman–Crippen LogP) is 3.30. The zero-order chi connectivity index (χ0) is 24.0. The molecular weight excluding hydrogens is 422 g/mol. The zero-order valence-electron chi connectivity index (χ0n) is 19.1. The number of carbonyl (C=O) groups excluding carboxylic acids is 4. The monoisotopic (exact) mass is 451 g/mol. The van der Waals surface area contributed by atoms with Crippen LogP contribution in [0.4, 0.5) is 17.1 Å². The lowest BCUT2D eigenvalue weighted by Gasteiger charge is -2.23. The molecule has 2 aromatic carbocycles. The van der Waals surface area contributed by atoms with E-state index in [2.05, 4.69) is 10.6 Å². The Hall–Kier alpha value is -3.68. The van der Waals surface area contributed by atoms with Gasteiger partial charge in [-0.15, -0.1) is 0 Å². The standard InChI is InChI=1S/C25H29N3O5/c1-4-17-7-6-8-18(5-2)24(17)28-14-19(13-23(28)31)25(32)33-15-22(30)27-21-11-9-20(10-12-21)26-16(3)29/h6-12,19H,4-5,13-15H2,1-3H3,(H,26,29)(H,27,30)/t19-/m0/s1. The average Bonchev–Trinajstić information content (AvgIpc) is 3.19. The number of rotatable bonds is 8. The number of nitrogens with zero attached hydrogens (tertiary/aromatic N) is 1. The van der Waals surface area contributed by atoms with E-state index in [4.69, 9.17) is 4.74 Å². The van der Waals surface area contributed by atoms with E-state index in [9.17, 15) is 19.2 Å². The van der Waals surface area contributed by atoms with Gasteiger partial charge in [0.05, 0.1) is 5.92 Å². The molecule has 0 bridgehead atoms. The number of aryl methyl sites for hydroxylation is 2. The maximum atomic E-state index is 12.7. The molecule has 0 aromatic heterocycles. The summed E-state index contributed by atoms with van der Waals surface area (Å²) >= 11 is 0. The van der Waals surface area contributed by atoms with E-state index in [0.717, 1.165) is 29.7 Å². The van der Waals surface area contributed by atoms with Gasteiger partial charge in [0.15, 0.2) is 6.61 Å². The van der Waals surface area contributed by atoms with Gasteiger partial charge in [0.25, 0.3) is 5.91 Å². The van der Waals surface area contributed by atoms with Crippen LogP contribution in [0.3, 0.4) is 0 Å². The summed E-state index contributed by atoms with van der Waals surface area (Å²) < 4.78 is 5.20. The van der Waals surface area contributed by atoms with Crippen molar-refractivity contribution in [3.8, 4) is 0 Å². The number of carbonyl (C=O) groups is 4. The number of anilines is 3. The lowest BCUT2D eigenvalue weighted by atomic mass is 10.0. The first kappa shape index (κ1) is 24.0. The van der Waals surface area contributed by atoms with Crippen molar-refractivity contribution in [3.63, 3.8) is 0 Å². The molecule has 8 heteroatoms. The number of ether oxygens (including phenoxy) is 1. The van der Waals surface area contributed by atoms with Crippen LogP contribution in [0.2, 0.25) is 0 Å². The molecule has 1 atom stereocenters. The average molecular weight is 452 g/mol. The molecule has 0 saturated carbocycles. The van der Waals surface area contributed by atoms with Gasteiger partial charge in [-0.3, -0.25) is 19.2 Å². The second-order valence-corrected chi connectivity index (χ2v) is 7.95. The Morgan fingerprint density at radius 2 is 1.55 bits per heavy atom. The first-order valence-corrected chi connectivity index (χ1v) is 11.1. The van der Waals surface area contributed by atoms with Crippen LogP contribution in [0.25, 0.3) is 0 Å². The molecule has 1 saturated heterocycles. The molecule has 1 aliphatic rings. The minimum atomic E-state index is -0.614. The van der Waals surface area contributed by atoms with Crippen molar-refractivity contribution in [3.05, 3.63) is 53.6 Å². The van der Waals surface area contributed by atoms with Crippen molar-refractivity contribution >= 4 is 40.8 Å².